The molecule has 1 aliphatic rings. The molecule has 0 bridgehead atoms. The molecule has 4 rings (SSSR count). The zero-order valence-corrected chi connectivity index (χ0v) is 16.9. The summed E-state index contributed by atoms with van der Waals surface area (Å²) in [5.74, 6) is -0.483. The number of amides is 1. The van der Waals surface area contributed by atoms with E-state index < -0.39 is 5.91 Å². The van der Waals surface area contributed by atoms with Gasteiger partial charge in [-0.3, -0.25) is 19.8 Å². The van der Waals surface area contributed by atoms with Crippen molar-refractivity contribution < 1.29 is 10.0 Å². The topological polar surface area (TPSA) is 55.8 Å². The minimum absolute atomic E-state index is 0.269. The van der Waals surface area contributed by atoms with Crippen LogP contribution in [0.1, 0.15) is 33.1 Å². The number of carbonyl (C=O) groups is 1. The van der Waals surface area contributed by atoms with E-state index in [0.717, 1.165) is 32.7 Å². The molecule has 0 aromatic heterocycles. The SMILES string of the molecule is O=C(NO)c1ccc(CN2CCN(C(c3ccccc3)c3ccccc3)CC2)cc1. The van der Waals surface area contributed by atoms with Gasteiger partial charge in [-0.05, 0) is 28.8 Å². The first kappa shape index (κ1) is 20.3. The van der Waals surface area contributed by atoms with Gasteiger partial charge in [-0.15, -0.1) is 0 Å². The Kier molecular flexibility index (Phi) is 6.54. The highest BCUT2D eigenvalue weighted by atomic mass is 16.5. The molecule has 1 amide bonds. The molecule has 3 aromatic carbocycles. The third kappa shape index (κ3) is 4.76. The van der Waals surface area contributed by atoms with Gasteiger partial charge in [0.1, 0.15) is 0 Å². The first-order valence-electron chi connectivity index (χ1n) is 10.3. The summed E-state index contributed by atoms with van der Waals surface area (Å²) in [6, 6.07) is 29.1. The molecular weight excluding hydrogens is 374 g/mol. The quantitative estimate of drug-likeness (QED) is 0.488. The van der Waals surface area contributed by atoms with Gasteiger partial charge in [0.05, 0.1) is 6.04 Å². The lowest BCUT2D eigenvalue weighted by Crippen LogP contribution is -2.47. The van der Waals surface area contributed by atoms with Crippen molar-refractivity contribution >= 4 is 5.91 Å². The predicted molar refractivity (Wildman–Crippen MR) is 117 cm³/mol. The number of hydrogen-bond donors (Lipinski definition) is 2. The molecule has 1 fully saturated rings. The summed E-state index contributed by atoms with van der Waals surface area (Å²) in [6.45, 7) is 4.85. The Bertz CT molecular complexity index is 898. The first-order valence-corrected chi connectivity index (χ1v) is 10.3. The smallest absolute Gasteiger partial charge is 0.274 e. The second-order valence-corrected chi connectivity index (χ2v) is 7.67. The lowest BCUT2D eigenvalue weighted by atomic mass is 9.96. The largest absolute Gasteiger partial charge is 0.297 e. The van der Waals surface area contributed by atoms with E-state index in [1.807, 2.05) is 12.1 Å². The van der Waals surface area contributed by atoms with E-state index in [1.54, 1.807) is 17.6 Å². The first-order chi connectivity index (χ1) is 14.7. The average Bonchev–Trinajstić information content (AvgIpc) is 2.82. The van der Waals surface area contributed by atoms with Gasteiger partial charge in [-0.1, -0.05) is 72.8 Å². The van der Waals surface area contributed by atoms with Crippen LogP contribution < -0.4 is 5.48 Å². The molecule has 0 aliphatic carbocycles. The number of hydroxylamine groups is 1. The van der Waals surface area contributed by atoms with E-state index in [1.165, 1.54) is 16.7 Å². The average molecular weight is 402 g/mol. The molecule has 0 atom stereocenters. The Labute approximate surface area is 177 Å². The zero-order chi connectivity index (χ0) is 20.8. The molecule has 1 aliphatic heterocycles. The summed E-state index contributed by atoms with van der Waals surface area (Å²) < 4.78 is 0. The van der Waals surface area contributed by atoms with E-state index >= 15 is 0 Å². The molecule has 0 spiro atoms. The fraction of sp³-hybridized carbons (Fsp3) is 0.240. The van der Waals surface area contributed by atoms with Gasteiger partial charge in [0, 0.05) is 38.3 Å². The highest BCUT2D eigenvalue weighted by Crippen LogP contribution is 2.29. The number of rotatable bonds is 6. The number of carbonyl (C=O) groups excluding carboxylic acids is 1. The minimum Gasteiger partial charge on any atom is -0.297 e. The molecule has 3 aromatic rings. The van der Waals surface area contributed by atoms with Crippen molar-refractivity contribution in [3.05, 3.63) is 107 Å². The van der Waals surface area contributed by atoms with Crippen molar-refractivity contribution in [2.24, 2.45) is 0 Å². The summed E-state index contributed by atoms with van der Waals surface area (Å²) >= 11 is 0. The van der Waals surface area contributed by atoms with Gasteiger partial charge in [0.2, 0.25) is 0 Å². The Morgan fingerprint density at radius 3 is 1.83 bits per heavy atom. The maximum atomic E-state index is 11.5. The highest BCUT2D eigenvalue weighted by Gasteiger charge is 2.26. The van der Waals surface area contributed by atoms with E-state index in [2.05, 4.69) is 70.5 Å². The summed E-state index contributed by atoms with van der Waals surface area (Å²) in [5.41, 5.74) is 5.95. The summed E-state index contributed by atoms with van der Waals surface area (Å²) in [6.07, 6.45) is 0. The minimum atomic E-state index is -0.483. The molecule has 2 N–H and O–H groups in total. The van der Waals surface area contributed by atoms with E-state index in [4.69, 9.17) is 5.21 Å². The predicted octanol–water partition coefficient (Wildman–Crippen LogP) is 3.71. The van der Waals surface area contributed by atoms with Crippen molar-refractivity contribution in [2.45, 2.75) is 12.6 Å². The molecule has 0 saturated carbocycles. The highest BCUT2D eigenvalue weighted by molar-refractivity contribution is 5.93. The Morgan fingerprint density at radius 1 is 0.800 bits per heavy atom. The summed E-state index contributed by atoms with van der Waals surface area (Å²) in [4.78, 5) is 16.5. The number of nitrogens with one attached hydrogen (secondary N) is 1. The van der Waals surface area contributed by atoms with E-state index in [9.17, 15) is 4.79 Å². The maximum absolute atomic E-state index is 11.5. The Morgan fingerprint density at radius 2 is 1.33 bits per heavy atom. The lowest BCUT2D eigenvalue weighted by Gasteiger charge is -2.39. The molecule has 30 heavy (non-hydrogen) atoms. The second-order valence-electron chi connectivity index (χ2n) is 7.67. The molecule has 1 heterocycles. The van der Waals surface area contributed by atoms with Gasteiger partial charge >= 0.3 is 0 Å². The lowest BCUT2D eigenvalue weighted by molar-refractivity contribution is 0.0706. The van der Waals surface area contributed by atoms with Crippen molar-refractivity contribution in [1.82, 2.24) is 15.3 Å². The zero-order valence-electron chi connectivity index (χ0n) is 16.9. The fourth-order valence-corrected chi connectivity index (χ4v) is 4.15. The fourth-order valence-electron chi connectivity index (χ4n) is 4.15. The molecule has 5 heteroatoms. The third-order valence-corrected chi connectivity index (χ3v) is 5.73. The Balaban J connectivity index is 1.42. The van der Waals surface area contributed by atoms with Gasteiger partial charge in [0.15, 0.2) is 0 Å². The van der Waals surface area contributed by atoms with Crippen LogP contribution in [-0.2, 0) is 6.54 Å². The van der Waals surface area contributed by atoms with Gasteiger partial charge in [0.25, 0.3) is 5.91 Å². The van der Waals surface area contributed by atoms with Crippen LogP contribution in [0.4, 0.5) is 0 Å². The van der Waals surface area contributed by atoms with Crippen molar-refractivity contribution in [2.75, 3.05) is 26.2 Å². The third-order valence-electron chi connectivity index (χ3n) is 5.73. The van der Waals surface area contributed by atoms with Crippen molar-refractivity contribution in [3.8, 4) is 0 Å². The standard InChI is InChI=1S/C25H27N3O2/c29-25(26-30)23-13-11-20(12-14-23)19-27-15-17-28(18-16-27)24(21-7-3-1-4-8-21)22-9-5-2-6-10-22/h1-14,24,30H,15-19H2,(H,26,29). The number of piperazine rings is 1. The van der Waals surface area contributed by atoms with Crippen LogP contribution in [-0.4, -0.2) is 47.1 Å². The second kappa shape index (κ2) is 9.67. The van der Waals surface area contributed by atoms with Gasteiger partial charge < -0.3 is 0 Å². The van der Waals surface area contributed by atoms with E-state index in [-0.39, 0.29) is 6.04 Å². The number of benzene rings is 3. The molecule has 0 radical (unpaired) electrons. The van der Waals surface area contributed by atoms with Gasteiger partial charge in [-0.2, -0.15) is 0 Å². The van der Waals surface area contributed by atoms with Crippen molar-refractivity contribution in [3.63, 3.8) is 0 Å². The van der Waals surface area contributed by atoms with Crippen LogP contribution in [0.15, 0.2) is 84.9 Å². The Hall–Kier alpha value is -2.99. The summed E-state index contributed by atoms with van der Waals surface area (Å²) in [7, 11) is 0. The van der Waals surface area contributed by atoms with Crippen LogP contribution in [0, 0.1) is 0 Å². The molecule has 1 saturated heterocycles. The van der Waals surface area contributed by atoms with Crippen molar-refractivity contribution in [1.29, 1.82) is 0 Å². The summed E-state index contributed by atoms with van der Waals surface area (Å²) in [5, 5.41) is 8.74. The van der Waals surface area contributed by atoms with Crippen LogP contribution >= 0.6 is 0 Å². The molecule has 5 nitrogen and oxygen atoms in total. The normalized spacial score (nSPS) is 15.3. The molecule has 154 valence electrons. The molecular formula is C25H27N3O2. The van der Waals surface area contributed by atoms with Gasteiger partial charge in [-0.25, -0.2) is 5.48 Å². The maximum Gasteiger partial charge on any atom is 0.274 e. The number of nitrogens with zero attached hydrogens (tertiary/aromatic N) is 2. The number of hydrogen-bond acceptors (Lipinski definition) is 4. The monoisotopic (exact) mass is 401 g/mol. The van der Waals surface area contributed by atoms with Crippen LogP contribution in [0.2, 0.25) is 0 Å². The molecule has 0 unspecified atom stereocenters. The van der Waals surface area contributed by atoms with Crippen LogP contribution in [0.5, 0.6) is 0 Å². The van der Waals surface area contributed by atoms with E-state index in [0.29, 0.717) is 5.56 Å². The van der Waals surface area contributed by atoms with Crippen LogP contribution in [0.25, 0.3) is 0 Å². The van der Waals surface area contributed by atoms with Crippen LogP contribution in [0.3, 0.4) is 0 Å².